The van der Waals surface area contributed by atoms with Gasteiger partial charge in [0.2, 0.25) is 0 Å². The van der Waals surface area contributed by atoms with Gasteiger partial charge in [-0.3, -0.25) is 4.79 Å². The fourth-order valence-electron chi connectivity index (χ4n) is 1.61. The second-order valence-electron chi connectivity index (χ2n) is 4.83. The first-order valence-corrected chi connectivity index (χ1v) is 6.55. The Balaban J connectivity index is 1.94. The second-order valence-corrected chi connectivity index (χ2v) is 5.26. The third-order valence-electron chi connectivity index (χ3n) is 2.73. The van der Waals surface area contributed by atoms with E-state index in [-0.39, 0.29) is 5.91 Å². The van der Waals surface area contributed by atoms with Crippen molar-refractivity contribution < 1.29 is 9.53 Å². The van der Waals surface area contributed by atoms with Crippen molar-refractivity contribution >= 4 is 17.5 Å². The predicted octanol–water partition coefficient (Wildman–Crippen LogP) is 2.54. The molecule has 0 atom stereocenters. The van der Waals surface area contributed by atoms with Gasteiger partial charge in [-0.05, 0) is 38.1 Å². The van der Waals surface area contributed by atoms with Gasteiger partial charge in [0, 0.05) is 11.2 Å². The van der Waals surface area contributed by atoms with Gasteiger partial charge >= 0.3 is 0 Å². The van der Waals surface area contributed by atoms with Crippen molar-refractivity contribution in [2.75, 3.05) is 0 Å². The Morgan fingerprint density at radius 3 is 2.70 bits per heavy atom. The van der Waals surface area contributed by atoms with Crippen LogP contribution in [0.25, 0.3) is 0 Å². The Morgan fingerprint density at radius 2 is 2.10 bits per heavy atom. The summed E-state index contributed by atoms with van der Waals surface area (Å²) in [6, 6.07) is 6.89. The van der Waals surface area contributed by atoms with Crippen LogP contribution in [-0.4, -0.2) is 21.5 Å². The molecule has 0 radical (unpaired) electrons. The van der Waals surface area contributed by atoms with E-state index in [9.17, 15) is 4.79 Å². The van der Waals surface area contributed by atoms with Crippen LogP contribution >= 0.6 is 11.6 Å². The molecule has 2 rings (SSSR count). The highest BCUT2D eigenvalue weighted by Crippen LogP contribution is 2.21. The molecule has 0 aliphatic carbocycles. The zero-order chi connectivity index (χ0) is 14.6. The van der Waals surface area contributed by atoms with E-state index in [2.05, 4.69) is 15.3 Å². The van der Waals surface area contributed by atoms with Crippen molar-refractivity contribution in [1.82, 2.24) is 15.3 Å². The number of aromatic amines is 1. The van der Waals surface area contributed by atoms with Gasteiger partial charge in [-0.15, -0.1) is 0 Å². The number of imidazole rings is 1. The number of amides is 1. The molecule has 0 aliphatic heterocycles. The minimum absolute atomic E-state index is 0.206. The number of nitrogens with zero attached hydrogens (tertiary/aromatic N) is 1. The molecule has 2 aromatic rings. The second kappa shape index (κ2) is 5.96. The van der Waals surface area contributed by atoms with Crippen molar-refractivity contribution in [3.05, 3.63) is 47.5 Å². The van der Waals surface area contributed by atoms with E-state index in [4.69, 9.17) is 16.3 Å². The quantitative estimate of drug-likeness (QED) is 0.890. The monoisotopic (exact) mass is 293 g/mol. The van der Waals surface area contributed by atoms with Crippen LogP contribution in [0, 0.1) is 0 Å². The van der Waals surface area contributed by atoms with Crippen molar-refractivity contribution in [3.63, 3.8) is 0 Å². The molecule has 20 heavy (non-hydrogen) atoms. The maximum atomic E-state index is 12.1. The van der Waals surface area contributed by atoms with Crippen LogP contribution in [0.2, 0.25) is 5.02 Å². The summed E-state index contributed by atoms with van der Waals surface area (Å²) in [6.45, 7) is 3.81. The van der Waals surface area contributed by atoms with E-state index in [0.29, 0.717) is 17.3 Å². The van der Waals surface area contributed by atoms with Gasteiger partial charge in [-0.1, -0.05) is 11.6 Å². The van der Waals surface area contributed by atoms with Crippen LogP contribution in [0.5, 0.6) is 5.75 Å². The predicted molar refractivity (Wildman–Crippen MR) is 76.6 cm³/mol. The first-order chi connectivity index (χ1) is 9.47. The summed E-state index contributed by atoms with van der Waals surface area (Å²) in [5, 5.41) is 3.42. The lowest BCUT2D eigenvalue weighted by molar-refractivity contribution is -0.134. The fraction of sp³-hybridized carbons (Fsp3) is 0.286. The van der Waals surface area contributed by atoms with Crippen molar-refractivity contribution in [3.8, 4) is 5.75 Å². The number of carbonyl (C=O) groups excluding carboxylic acids is 1. The van der Waals surface area contributed by atoms with Crippen LogP contribution in [-0.2, 0) is 11.3 Å². The molecular formula is C14H16ClN3O2. The van der Waals surface area contributed by atoms with E-state index < -0.39 is 5.60 Å². The van der Waals surface area contributed by atoms with Crippen molar-refractivity contribution in [2.45, 2.75) is 26.0 Å². The first-order valence-electron chi connectivity index (χ1n) is 6.17. The molecule has 0 unspecified atom stereocenters. The van der Waals surface area contributed by atoms with Crippen LogP contribution in [0.1, 0.15) is 19.5 Å². The van der Waals surface area contributed by atoms with Crippen molar-refractivity contribution in [2.24, 2.45) is 0 Å². The van der Waals surface area contributed by atoms with E-state index in [0.717, 1.165) is 5.69 Å². The number of H-pyrrole nitrogens is 1. The van der Waals surface area contributed by atoms with Gasteiger partial charge < -0.3 is 15.0 Å². The third kappa shape index (κ3) is 3.74. The Bertz CT molecular complexity index is 565. The minimum atomic E-state index is -0.978. The Kier molecular flexibility index (Phi) is 4.29. The van der Waals surface area contributed by atoms with Gasteiger partial charge in [-0.25, -0.2) is 4.98 Å². The van der Waals surface area contributed by atoms with Gasteiger partial charge in [0.1, 0.15) is 5.75 Å². The zero-order valence-electron chi connectivity index (χ0n) is 11.3. The topological polar surface area (TPSA) is 67.0 Å². The van der Waals surface area contributed by atoms with E-state index in [1.807, 2.05) is 0 Å². The van der Waals surface area contributed by atoms with E-state index in [1.54, 1.807) is 50.6 Å². The summed E-state index contributed by atoms with van der Waals surface area (Å²) in [5.74, 6) is 0.387. The third-order valence-corrected chi connectivity index (χ3v) is 2.98. The molecule has 0 saturated heterocycles. The SMILES string of the molecule is CC(C)(Oc1ccc(Cl)cc1)C(=O)NCc1cnc[nH]1. The number of hydrogen-bond acceptors (Lipinski definition) is 3. The van der Waals surface area contributed by atoms with Gasteiger partial charge in [0.15, 0.2) is 5.60 Å². The summed E-state index contributed by atoms with van der Waals surface area (Å²) >= 11 is 5.81. The van der Waals surface area contributed by atoms with E-state index >= 15 is 0 Å². The van der Waals surface area contributed by atoms with E-state index in [1.165, 1.54) is 0 Å². The lowest BCUT2D eigenvalue weighted by atomic mass is 10.1. The number of aromatic nitrogens is 2. The molecule has 0 aliphatic rings. The maximum Gasteiger partial charge on any atom is 0.263 e. The molecule has 0 bridgehead atoms. The van der Waals surface area contributed by atoms with Crippen LogP contribution in [0.4, 0.5) is 0 Å². The summed E-state index contributed by atoms with van der Waals surface area (Å²) in [7, 11) is 0. The highest BCUT2D eigenvalue weighted by atomic mass is 35.5. The lowest BCUT2D eigenvalue weighted by Gasteiger charge is -2.25. The van der Waals surface area contributed by atoms with Gasteiger partial charge in [0.05, 0.1) is 18.6 Å². The molecule has 1 amide bonds. The normalized spacial score (nSPS) is 11.2. The Labute approximate surface area is 122 Å². The summed E-state index contributed by atoms with van der Waals surface area (Å²) in [4.78, 5) is 18.9. The number of hydrogen-bond donors (Lipinski definition) is 2. The Morgan fingerprint density at radius 1 is 1.40 bits per heavy atom. The lowest BCUT2D eigenvalue weighted by Crippen LogP contribution is -2.46. The standard InChI is InChI=1S/C14H16ClN3O2/c1-14(2,20-12-5-3-10(15)4-6-12)13(19)17-8-11-7-16-9-18-11/h3-7,9H,8H2,1-2H3,(H,16,18)(H,17,19). The first kappa shape index (κ1) is 14.4. The highest BCUT2D eigenvalue weighted by molar-refractivity contribution is 6.30. The summed E-state index contributed by atoms with van der Waals surface area (Å²) < 4.78 is 5.69. The number of rotatable bonds is 5. The van der Waals surface area contributed by atoms with Crippen molar-refractivity contribution in [1.29, 1.82) is 0 Å². The smallest absolute Gasteiger partial charge is 0.263 e. The average Bonchev–Trinajstić information content (AvgIpc) is 2.91. The molecule has 1 heterocycles. The number of ether oxygens (including phenoxy) is 1. The average molecular weight is 294 g/mol. The minimum Gasteiger partial charge on any atom is -0.478 e. The number of benzene rings is 1. The number of nitrogens with one attached hydrogen (secondary N) is 2. The van der Waals surface area contributed by atoms with Gasteiger partial charge in [-0.2, -0.15) is 0 Å². The molecular weight excluding hydrogens is 278 g/mol. The molecule has 0 saturated carbocycles. The summed E-state index contributed by atoms with van der Waals surface area (Å²) in [6.07, 6.45) is 3.23. The van der Waals surface area contributed by atoms with Gasteiger partial charge in [0.25, 0.3) is 5.91 Å². The molecule has 106 valence electrons. The maximum absolute atomic E-state index is 12.1. The Hall–Kier alpha value is -2.01. The molecule has 0 fully saturated rings. The molecule has 1 aromatic heterocycles. The largest absolute Gasteiger partial charge is 0.478 e. The fourth-order valence-corrected chi connectivity index (χ4v) is 1.74. The molecule has 6 heteroatoms. The molecule has 2 N–H and O–H groups in total. The van der Waals surface area contributed by atoms with Crippen LogP contribution in [0.3, 0.4) is 0 Å². The number of carbonyl (C=O) groups is 1. The van der Waals surface area contributed by atoms with Crippen LogP contribution < -0.4 is 10.1 Å². The highest BCUT2D eigenvalue weighted by Gasteiger charge is 2.29. The molecule has 0 spiro atoms. The number of halogens is 1. The zero-order valence-corrected chi connectivity index (χ0v) is 12.1. The summed E-state index contributed by atoms with van der Waals surface area (Å²) in [5.41, 5.74) is -0.144. The molecule has 1 aromatic carbocycles. The van der Waals surface area contributed by atoms with Crippen LogP contribution in [0.15, 0.2) is 36.8 Å². The molecule has 5 nitrogen and oxygen atoms in total.